The van der Waals surface area contributed by atoms with Crippen LogP contribution in [-0.4, -0.2) is 51.5 Å². The predicted octanol–water partition coefficient (Wildman–Crippen LogP) is 4.73. The van der Waals surface area contributed by atoms with Crippen LogP contribution in [0.1, 0.15) is 79.4 Å². The Hall–Kier alpha value is -3.94. The van der Waals surface area contributed by atoms with Crippen LogP contribution in [0.15, 0.2) is 54.9 Å². The molecule has 1 unspecified atom stereocenters. The van der Waals surface area contributed by atoms with Gasteiger partial charge in [0.05, 0.1) is 17.9 Å². The van der Waals surface area contributed by atoms with E-state index in [0.29, 0.717) is 42.5 Å². The zero-order valence-electron chi connectivity index (χ0n) is 23.0. The van der Waals surface area contributed by atoms with Crippen molar-refractivity contribution >= 4 is 34.2 Å². The number of likely N-dealkylation sites (tertiary alicyclic amines) is 1. The third-order valence-electron chi connectivity index (χ3n) is 9.62. The average Bonchev–Trinajstić information content (AvgIpc) is 3.52. The number of nitrogens with zero attached hydrogens (tertiary/aromatic N) is 4. The van der Waals surface area contributed by atoms with Gasteiger partial charge in [0.25, 0.3) is 5.91 Å². The Morgan fingerprint density at radius 2 is 1.90 bits per heavy atom. The fourth-order valence-electron chi connectivity index (χ4n) is 7.06. The molecule has 7 rings (SSSR count). The van der Waals surface area contributed by atoms with Gasteiger partial charge in [-0.3, -0.25) is 24.0 Å². The highest BCUT2D eigenvalue weighted by atomic mass is 16.2. The van der Waals surface area contributed by atoms with Gasteiger partial charge in [-0.15, -0.1) is 0 Å². The van der Waals surface area contributed by atoms with Gasteiger partial charge in [0.1, 0.15) is 6.04 Å². The number of aromatic nitrogens is 2. The lowest BCUT2D eigenvalue weighted by Gasteiger charge is -2.42. The molecule has 206 valence electrons. The van der Waals surface area contributed by atoms with E-state index in [1.807, 2.05) is 29.1 Å². The summed E-state index contributed by atoms with van der Waals surface area (Å²) in [5, 5.41) is 9.68. The van der Waals surface area contributed by atoms with Crippen molar-refractivity contribution in [2.45, 2.75) is 70.4 Å². The van der Waals surface area contributed by atoms with Crippen LogP contribution in [0.3, 0.4) is 0 Å². The molecule has 8 nitrogen and oxygen atoms in total. The van der Waals surface area contributed by atoms with E-state index >= 15 is 0 Å². The first-order valence-electron chi connectivity index (χ1n) is 14.5. The summed E-state index contributed by atoms with van der Waals surface area (Å²) in [5.41, 5.74) is 4.18. The van der Waals surface area contributed by atoms with E-state index in [2.05, 4.69) is 41.9 Å². The molecule has 1 aromatic heterocycles. The maximum Gasteiger partial charge on any atom is 0.259 e. The first-order chi connectivity index (χ1) is 19.3. The highest BCUT2D eigenvalue weighted by molar-refractivity contribution is 6.27. The van der Waals surface area contributed by atoms with Crippen LogP contribution in [0.2, 0.25) is 0 Å². The Bertz CT molecular complexity index is 1560. The van der Waals surface area contributed by atoms with Gasteiger partial charge < -0.3 is 10.2 Å². The van der Waals surface area contributed by atoms with Crippen LogP contribution in [0.5, 0.6) is 0 Å². The number of allylic oxidation sites excluding steroid dienone is 1. The highest BCUT2D eigenvalue weighted by Crippen LogP contribution is 2.43. The normalized spacial score (nSPS) is 22.5. The van der Waals surface area contributed by atoms with E-state index in [-0.39, 0.29) is 17.2 Å². The molecule has 4 heterocycles. The minimum atomic E-state index is -0.536. The van der Waals surface area contributed by atoms with Gasteiger partial charge in [-0.2, -0.15) is 5.10 Å². The van der Waals surface area contributed by atoms with Gasteiger partial charge in [0, 0.05) is 47.3 Å². The number of piperidine rings is 2. The van der Waals surface area contributed by atoms with Gasteiger partial charge in [-0.05, 0) is 67.7 Å². The minimum absolute atomic E-state index is 0.122. The molecule has 3 aromatic rings. The molecule has 3 amide bonds. The van der Waals surface area contributed by atoms with Crippen molar-refractivity contribution in [2.24, 2.45) is 5.41 Å². The van der Waals surface area contributed by atoms with Crippen molar-refractivity contribution in [3.05, 3.63) is 71.7 Å². The minimum Gasteiger partial charge on any atom is -0.342 e. The van der Waals surface area contributed by atoms with Crippen LogP contribution >= 0.6 is 0 Å². The topological polar surface area (TPSA) is 87.5 Å². The van der Waals surface area contributed by atoms with Gasteiger partial charge in [-0.25, -0.2) is 0 Å². The van der Waals surface area contributed by atoms with Crippen molar-refractivity contribution in [1.29, 1.82) is 0 Å². The Kier molecular flexibility index (Phi) is 5.84. The van der Waals surface area contributed by atoms with Crippen LogP contribution < -0.4 is 10.2 Å². The number of nitrogens with one attached hydrogen (secondary N) is 1. The SMILES string of the molecule is C=C1CCC(N2C(=O)c3cccc4c(Cn5ccc(C6CCN(C(=O)C7(C)CCC7)CC6)n5)ccc2c34)C(=O)N1. The van der Waals surface area contributed by atoms with Crippen molar-refractivity contribution in [3.63, 3.8) is 0 Å². The summed E-state index contributed by atoms with van der Waals surface area (Å²) < 4.78 is 1.97. The molecular formula is C32H35N5O3. The summed E-state index contributed by atoms with van der Waals surface area (Å²) in [5.74, 6) is 0.395. The molecule has 0 bridgehead atoms. The number of anilines is 1. The molecule has 8 heteroatoms. The second-order valence-corrected chi connectivity index (χ2v) is 12.2. The molecule has 1 atom stereocenters. The molecule has 2 aromatic carbocycles. The molecule has 40 heavy (non-hydrogen) atoms. The van der Waals surface area contributed by atoms with Crippen molar-refractivity contribution in [3.8, 4) is 0 Å². The maximum atomic E-state index is 13.5. The first kappa shape index (κ1) is 25.1. The fourth-order valence-corrected chi connectivity index (χ4v) is 7.06. The lowest BCUT2D eigenvalue weighted by atomic mass is 9.69. The molecule has 1 N–H and O–H groups in total. The fraction of sp³-hybridized carbons (Fsp3) is 0.438. The molecular weight excluding hydrogens is 502 g/mol. The second-order valence-electron chi connectivity index (χ2n) is 12.2. The molecule has 3 fully saturated rings. The predicted molar refractivity (Wildman–Crippen MR) is 153 cm³/mol. The quantitative estimate of drug-likeness (QED) is 0.510. The standard InChI is InChI=1S/C32H35N5O3/c1-20-7-9-27(29(38)33-20)37-26-10-8-22(23-5-3-6-24(28(23)26)30(37)39)19-36-18-13-25(34-36)21-11-16-35(17-12-21)31(40)32(2)14-4-15-32/h3,5-6,8,10,13,18,21,27H,1,4,7,9,11-12,14-17,19H2,2H3,(H,33,38). The van der Waals surface area contributed by atoms with Crippen molar-refractivity contribution < 1.29 is 14.4 Å². The lowest BCUT2D eigenvalue weighted by Crippen LogP contribution is -2.51. The Balaban J connectivity index is 1.09. The Morgan fingerprint density at radius 1 is 1.10 bits per heavy atom. The van der Waals surface area contributed by atoms with E-state index in [9.17, 15) is 14.4 Å². The van der Waals surface area contributed by atoms with Crippen LogP contribution in [0.4, 0.5) is 5.69 Å². The summed E-state index contributed by atoms with van der Waals surface area (Å²) >= 11 is 0. The van der Waals surface area contributed by atoms with E-state index in [1.165, 1.54) is 0 Å². The number of hydrogen-bond donors (Lipinski definition) is 1. The molecule has 1 aliphatic carbocycles. The summed E-state index contributed by atoms with van der Waals surface area (Å²) in [4.78, 5) is 42.9. The second kappa shape index (κ2) is 9.32. The average molecular weight is 538 g/mol. The van der Waals surface area contributed by atoms with E-state index in [4.69, 9.17) is 5.10 Å². The third-order valence-corrected chi connectivity index (χ3v) is 9.62. The molecule has 0 radical (unpaired) electrons. The largest absolute Gasteiger partial charge is 0.342 e. The van der Waals surface area contributed by atoms with Gasteiger partial charge in [0.2, 0.25) is 11.8 Å². The molecule has 0 spiro atoms. The summed E-state index contributed by atoms with van der Waals surface area (Å²) in [6.07, 6.45) is 8.35. The number of rotatable bonds is 5. The molecule has 2 saturated heterocycles. The number of carbonyl (C=O) groups excluding carboxylic acids is 3. The number of carbonyl (C=O) groups is 3. The number of benzene rings is 2. The first-order valence-corrected chi connectivity index (χ1v) is 14.5. The van der Waals surface area contributed by atoms with Crippen molar-refractivity contribution in [1.82, 2.24) is 20.0 Å². The van der Waals surface area contributed by atoms with E-state index in [1.54, 1.807) is 4.90 Å². The maximum absolute atomic E-state index is 13.5. The van der Waals surface area contributed by atoms with Gasteiger partial charge in [0.15, 0.2) is 0 Å². The smallest absolute Gasteiger partial charge is 0.259 e. The van der Waals surface area contributed by atoms with Gasteiger partial charge in [-0.1, -0.05) is 38.1 Å². The molecule has 3 aliphatic heterocycles. The molecule has 1 saturated carbocycles. The van der Waals surface area contributed by atoms with Crippen LogP contribution in [0.25, 0.3) is 10.8 Å². The summed E-state index contributed by atoms with van der Waals surface area (Å²) in [6, 6.07) is 11.4. The lowest BCUT2D eigenvalue weighted by molar-refractivity contribution is -0.147. The summed E-state index contributed by atoms with van der Waals surface area (Å²) in [7, 11) is 0. The van der Waals surface area contributed by atoms with E-state index < -0.39 is 6.04 Å². The molecule has 4 aliphatic rings. The Morgan fingerprint density at radius 3 is 2.62 bits per heavy atom. The third kappa shape index (κ3) is 3.95. The van der Waals surface area contributed by atoms with Crippen LogP contribution in [-0.2, 0) is 16.1 Å². The van der Waals surface area contributed by atoms with E-state index in [0.717, 1.165) is 72.9 Å². The highest BCUT2D eigenvalue weighted by Gasteiger charge is 2.43. The van der Waals surface area contributed by atoms with Crippen molar-refractivity contribution in [2.75, 3.05) is 18.0 Å². The monoisotopic (exact) mass is 537 g/mol. The Labute approximate surface area is 234 Å². The number of amides is 3. The summed E-state index contributed by atoms with van der Waals surface area (Å²) in [6.45, 7) is 8.19. The zero-order valence-corrected chi connectivity index (χ0v) is 23.0. The zero-order chi connectivity index (χ0) is 27.6. The van der Waals surface area contributed by atoms with Gasteiger partial charge >= 0.3 is 0 Å². The number of hydrogen-bond acceptors (Lipinski definition) is 4. The van der Waals surface area contributed by atoms with Crippen LogP contribution in [0, 0.1) is 5.41 Å².